The van der Waals surface area contributed by atoms with Crippen LogP contribution in [0.1, 0.15) is 36.5 Å². The zero-order chi connectivity index (χ0) is 19.2. The maximum atomic E-state index is 12.7. The summed E-state index contributed by atoms with van der Waals surface area (Å²) in [5.41, 5.74) is 0.343. The molecule has 8 heteroatoms. The van der Waals surface area contributed by atoms with Crippen LogP contribution in [0, 0.1) is 0 Å². The fourth-order valence-corrected chi connectivity index (χ4v) is 3.75. The molecule has 0 aliphatic carbocycles. The first kappa shape index (κ1) is 20.6. The van der Waals surface area contributed by atoms with E-state index >= 15 is 0 Å². The van der Waals surface area contributed by atoms with Crippen molar-refractivity contribution in [3.63, 3.8) is 0 Å². The van der Waals surface area contributed by atoms with Gasteiger partial charge in [-0.3, -0.25) is 9.59 Å². The molecule has 144 valence electrons. The molecular formula is C18H23F3N2O2S. The number of rotatable bonds is 7. The molecule has 4 nitrogen and oxygen atoms in total. The van der Waals surface area contributed by atoms with Gasteiger partial charge in [0.1, 0.15) is 0 Å². The number of likely N-dealkylation sites (tertiary alicyclic amines) is 1. The van der Waals surface area contributed by atoms with Crippen LogP contribution in [0.3, 0.4) is 0 Å². The number of halogens is 3. The van der Waals surface area contributed by atoms with Gasteiger partial charge in [0.05, 0.1) is 17.7 Å². The van der Waals surface area contributed by atoms with Crippen molar-refractivity contribution in [3.8, 4) is 0 Å². The third-order valence-electron chi connectivity index (χ3n) is 4.26. The molecule has 1 aromatic carbocycles. The molecule has 0 atom stereocenters. The van der Waals surface area contributed by atoms with E-state index in [1.165, 1.54) is 16.7 Å². The first-order valence-electron chi connectivity index (χ1n) is 8.67. The van der Waals surface area contributed by atoms with Gasteiger partial charge in [-0.15, -0.1) is 11.8 Å². The van der Waals surface area contributed by atoms with E-state index in [9.17, 15) is 22.8 Å². The Labute approximate surface area is 155 Å². The highest BCUT2D eigenvalue weighted by Gasteiger charge is 2.29. The van der Waals surface area contributed by atoms with E-state index in [4.69, 9.17) is 0 Å². The van der Waals surface area contributed by atoms with Crippen LogP contribution >= 0.6 is 11.8 Å². The molecule has 1 aliphatic heterocycles. The lowest BCUT2D eigenvalue weighted by atomic mass is 10.2. The number of alkyl halides is 3. The summed E-state index contributed by atoms with van der Waals surface area (Å²) >= 11 is 1.26. The zero-order valence-corrected chi connectivity index (χ0v) is 15.5. The molecule has 2 rings (SSSR count). The van der Waals surface area contributed by atoms with Crippen LogP contribution in [0.2, 0.25) is 0 Å². The van der Waals surface area contributed by atoms with Crippen LogP contribution in [0.5, 0.6) is 0 Å². The summed E-state index contributed by atoms with van der Waals surface area (Å²) in [6, 6.07) is 6.76. The molecule has 0 spiro atoms. The van der Waals surface area contributed by atoms with Crippen LogP contribution in [0.4, 0.5) is 13.2 Å². The van der Waals surface area contributed by atoms with Crippen molar-refractivity contribution < 1.29 is 22.8 Å². The molecule has 1 aliphatic rings. The average Bonchev–Trinajstić information content (AvgIpc) is 3.14. The first-order chi connectivity index (χ1) is 12.3. The Balaban J connectivity index is 2.03. The van der Waals surface area contributed by atoms with Crippen LogP contribution in [-0.2, 0) is 4.79 Å². The summed E-state index contributed by atoms with van der Waals surface area (Å²) in [5, 5.41) is 0. The second-order valence-electron chi connectivity index (χ2n) is 6.12. The summed E-state index contributed by atoms with van der Waals surface area (Å²) < 4.78 is 37.4. The van der Waals surface area contributed by atoms with Crippen molar-refractivity contribution in [2.75, 3.05) is 31.9 Å². The van der Waals surface area contributed by atoms with Crippen molar-refractivity contribution in [1.82, 2.24) is 9.80 Å². The first-order valence-corrected chi connectivity index (χ1v) is 9.66. The minimum absolute atomic E-state index is 0.0270. The lowest BCUT2D eigenvalue weighted by Gasteiger charge is -2.23. The van der Waals surface area contributed by atoms with E-state index in [0.29, 0.717) is 10.5 Å². The largest absolute Gasteiger partial charge is 0.390 e. The van der Waals surface area contributed by atoms with Gasteiger partial charge in [-0.2, -0.15) is 13.2 Å². The molecule has 0 saturated carbocycles. The molecule has 0 aromatic heterocycles. The number of nitrogens with zero attached hydrogens (tertiary/aromatic N) is 2. The molecule has 1 fully saturated rings. The number of hydrogen-bond acceptors (Lipinski definition) is 3. The summed E-state index contributed by atoms with van der Waals surface area (Å²) in [6.07, 6.45) is -3.31. The Morgan fingerprint density at radius 2 is 1.85 bits per heavy atom. The van der Waals surface area contributed by atoms with Crippen LogP contribution in [-0.4, -0.2) is 59.7 Å². The summed E-state index contributed by atoms with van der Waals surface area (Å²) in [5.74, 6) is -0.188. The zero-order valence-electron chi connectivity index (χ0n) is 14.7. The standard InChI is InChI=1S/C18H23F3N2O2S/c1-2-22(12-9-18(19,20)21)17(25)14-7-3-4-8-15(14)26-13-16(24)23-10-5-6-11-23/h3-4,7-8H,2,5-6,9-13H2,1H3. The maximum Gasteiger partial charge on any atom is 0.390 e. The van der Waals surface area contributed by atoms with Crippen molar-refractivity contribution in [2.45, 2.75) is 37.3 Å². The SMILES string of the molecule is CCN(CCC(F)(F)F)C(=O)c1ccccc1SCC(=O)N1CCCC1. The molecular weight excluding hydrogens is 365 g/mol. The van der Waals surface area contributed by atoms with Crippen molar-refractivity contribution in [3.05, 3.63) is 29.8 Å². The van der Waals surface area contributed by atoms with Gasteiger partial charge in [-0.1, -0.05) is 12.1 Å². The van der Waals surface area contributed by atoms with Gasteiger partial charge >= 0.3 is 6.18 Å². The lowest BCUT2D eigenvalue weighted by molar-refractivity contribution is -0.136. The minimum Gasteiger partial charge on any atom is -0.342 e. The summed E-state index contributed by atoms with van der Waals surface area (Å²) in [4.78, 5) is 28.5. The number of carbonyl (C=O) groups is 2. The van der Waals surface area contributed by atoms with Gasteiger partial charge < -0.3 is 9.80 Å². The second-order valence-corrected chi connectivity index (χ2v) is 7.14. The number of thioether (sulfide) groups is 1. The summed E-state index contributed by atoms with van der Waals surface area (Å²) in [6.45, 7) is 3.01. The van der Waals surface area contributed by atoms with Gasteiger partial charge in [0, 0.05) is 31.1 Å². The number of amides is 2. The van der Waals surface area contributed by atoms with E-state index in [1.807, 2.05) is 0 Å². The minimum atomic E-state index is -4.30. The molecule has 0 unspecified atom stereocenters. The van der Waals surface area contributed by atoms with Crippen molar-refractivity contribution in [2.24, 2.45) is 0 Å². The predicted octanol–water partition coefficient (Wildman–Crippen LogP) is 3.82. The van der Waals surface area contributed by atoms with Gasteiger partial charge in [0.15, 0.2) is 0 Å². The van der Waals surface area contributed by atoms with Gasteiger partial charge in [-0.05, 0) is 31.9 Å². The van der Waals surface area contributed by atoms with Gasteiger partial charge in [-0.25, -0.2) is 0 Å². The third-order valence-corrected chi connectivity index (χ3v) is 5.32. The fourth-order valence-electron chi connectivity index (χ4n) is 2.80. The molecule has 2 amide bonds. The number of carbonyl (C=O) groups excluding carboxylic acids is 2. The normalized spacial score (nSPS) is 14.5. The van der Waals surface area contributed by atoms with Crippen LogP contribution in [0.15, 0.2) is 29.2 Å². The fraction of sp³-hybridized carbons (Fsp3) is 0.556. The third kappa shape index (κ3) is 5.93. The topological polar surface area (TPSA) is 40.6 Å². The van der Waals surface area contributed by atoms with Crippen molar-refractivity contribution >= 4 is 23.6 Å². The van der Waals surface area contributed by atoms with E-state index < -0.39 is 18.5 Å². The second kappa shape index (κ2) is 9.30. The van der Waals surface area contributed by atoms with Gasteiger partial charge in [0.2, 0.25) is 5.91 Å². The lowest BCUT2D eigenvalue weighted by Crippen LogP contribution is -2.34. The molecule has 1 heterocycles. The molecule has 0 bridgehead atoms. The quantitative estimate of drug-likeness (QED) is 0.667. The van der Waals surface area contributed by atoms with E-state index in [0.717, 1.165) is 25.9 Å². The van der Waals surface area contributed by atoms with E-state index in [-0.39, 0.29) is 24.7 Å². The molecule has 1 saturated heterocycles. The maximum absolute atomic E-state index is 12.7. The monoisotopic (exact) mass is 388 g/mol. The molecule has 0 N–H and O–H groups in total. The average molecular weight is 388 g/mol. The van der Waals surface area contributed by atoms with Gasteiger partial charge in [0.25, 0.3) is 5.91 Å². The smallest absolute Gasteiger partial charge is 0.342 e. The Hall–Kier alpha value is -1.70. The van der Waals surface area contributed by atoms with Crippen molar-refractivity contribution in [1.29, 1.82) is 0 Å². The number of benzene rings is 1. The molecule has 0 radical (unpaired) electrons. The predicted molar refractivity (Wildman–Crippen MR) is 95.2 cm³/mol. The molecule has 26 heavy (non-hydrogen) atoms. The summed E-state index contributed by atoms with van der Waals surface area (Å²) in [7, 11) is 0. The Morgan fingerprint density at radius 3 is 2.46 bits per heavy atom. The van der Waals surface area contributed by atoms with Crippen LogP contribution < -0.4 is 0 Å². The Bertz CT molecular complexity index is 631. The van der Waals surface area contributed by atoms with Crippen LogP contribution in [0.25, 0.3) is 0 Å². The highest BCUT2D eigenvalue weighted by Crippen LogP contribution is 2.26. The van der Waals surface area contributed by atoms with E-state index in [1.54, 1.807) is 36.1 Å². The van der Waals surface area contributed by atoms with E-state index in [2.05, 4.69) is 0 Å². The highest BCUT2D eigenvalue weighted by molar-refractivity contribution is 8.00. The Morgan fingerprint density at radius 1 is 1.19 bits per heavy atom. The highest BCUT2D eigenvalue weighted by atomic mass is 32.2. The number of hydrogen-bond donors (Lipinski definition) is 0. The Kier molecular flexibility index (Phi) is 7.37. The molecule has 1 aromatic rings.